The van der Waals surface area contributed by atoms with Crippen LogP contribution in [-0.2, 0) is 11.2 Å². The second-order valence-electron chi connectivity index (χ2n) is 5.92. The lowest BCUT2D eigenvalue weighted by molar-refractivity contribution is -0.120. The van der Waals surface area contributed by atoms with Gasteiger partial charge in [-0.05, 0) is 31.2 Å². The van der Waals surface area contributed by atoms with Crippen LogP contribution in [0.4, 0.5) is 0 Å². The van der Waals surface area contributed by atoms with Gasteiger partial charge in [-0.15, -0.1) is 0 Å². The molecule has 2 aromatic heterocycles. The summed E-state index contributed by atoms with van der Waals surface area (Å²) in [5.41, 5.74) is 2.15. The molecule has 140 valence electrons. The topological polar surface area (TPSA) is 84.7 Å². The molecule has 0 radical (unpaired) electrons. The number of nitrogens with one attached hydrogen (secondary N) is 2. The molecule has 0 fully saturated rings. The smallest absolute Gasteiger partial charge is 0.251 e. The van der Waals surface area contributed by atoms with Crippen molar-refractivity contribution < 1.29 is 14.3 Å². The molecule has 0 aliphatic heterocycles. The minimum absolute atomic E-state index is 0.0621. The van der Waals surface area contributed by atoms with Crippen LogP contribution in [0.25, 0.3) is 5.65 Å². The standard InChI is InChI=1S/C20H22N4O3/c1-2-27-17-9-6-12-24-14-16(23-19(17)24)10-11-21-18(25)13-22-20(26)15-7-4-3-5-8-15/h3-9,12,14H,2,10-11,13H2,1H3,(H,21,25)(H,22,26). The van der Waals surface area contributed by atoms with E-state index in [1.165, 1.54) is 0 Å². The third-order valence-corrected chi connectivity index (χ3v) is 3.95. The average Bonchev–Trinajstić information content (AvgIpc) is 3.11. The normalized spacial score (nSPS) is 10.6. The Kier molecular flexibility index (Phi) is 6.04. The van der Waals surface area contributed by atoms with Gasteiger partial charge in [-0.2, -0.15) is 0 Å². The summed E-state index contributed by atoms with van der Waals surface area (Å²) in [7, 11) is 0. The van der Waals surface area contributed by atoms with Crippen molar-refractivity contribution >= 4 is 17.5 Å². The number of nitrogens with zero attached hydrogens (tertiary/aromatic N) is 2. The minimum atomic E-state index is -0.269. The summed E-state index contributed by atoms with van der Waals surface area (Å²) in [6, 6.07) is 12.6. The molecule has 7 nitrogen and oxygen atoms in total. The highest BCUT2D eigenvalue weighted by molar-refractivity contribution is 5.96. The number of ether oxygens (including phenoxy) is 1. The third-order valence-electron chi connectivity index (χ3n) is 3.95. The zero-order valence-corrected chi connectivity index (χ0v) is 15.1. The fourth-order valence-corrected chi connectivity index (χ4v) is 2.67. The molecule has 2 amide bonds. The summed E-state index contributed by atoms with van der Waals surface area (Å²) < 4.78 is 7.48. The highest BCUT2D eigenvalue weighted by atomic mass is 16.5. The van der Waals surface area contributed by atoms with E-state index in [9.17, 15) is 9.59 Å². The lowest BCUT2D eigenvalue weighted by Gasteiger charge is -2.06. The van der Waals surface area contributed by atoms with Gasteiger partial charge in [0.2, 0.25) is 5.91 Å². The third kappa shape index (κ3) is 4.84. The summed E-state index contributed by atoms with van der Waals surface area (Å²) in [6.45, 7) is 2.88. The number of amides is 2. The molecule has 2 heterocycles. The van der Waals surface area contributed by atoms with E-state index >= 15 is 0 Å². The lowest BCUT2D eigenvalue weighted by Crippen LogP contribution is -2.37. The molecule has 0 atom stereocenters. The van der Waals surface area contributed by atoms with Crippen molar-refractivity contribution in [2.75, 3.05) is 19.7 Å². The van der Waals surface area contributed by atoms with E-state index < -0.39 is 0 Å². The minimum Gasteiger partial charge on any atom is -0.490 e. The maximum absolute atomic E-state index is 11.9. The molecule has 3 rings (SSSR count). The Hall–Kier alpha value is -3.35. The number of benzene rings is 1. The van der Waals surface area contributed by atoms with Gasteiger partial charge >= 0.3 is 0 Å². The van der Waals surface area contributed by atoms with Crippen molar-refractivity contribution in [2.24, 2.45) is 0 Å². The number of aromatic nitrogens is 2. The Morgan fingerprint density at radius 3 is 2.70 bits per heavy atom. The van der Waals surface area contributed by atoms with E-state index in [1.54, 1.807) is 24.3 Å². The average molecular weight is 366 g/mol. The monoisotopic (exact) mass is 366 g/mol. The first-order valence-corrected chi connectivity index (χ1v) is 8.86. The van der Waals surface area contributed by atoms with Gasteiger partial charge in [-0.25, -0.2) is 4.98 Å². The van der Waals surface area contributed by atoms with Gasteiger partial charge in [0.1, 0.15) is 0 Å². The number of imidazole rings is 1. The second kappa shape index (κ2) is 8.84. The molecule has 0 aliphatic carbocycles. The lowest BCUT2D eigenvalue weighted by atomic mass is 10.2. The van der Waals surface area contributed by atoms with E-state index in [2.05, 4.69) is 15.6 Å². The fraction of sp³-hybridized carbons (Fsp3) is 0.250. The van der Waals surface area contributed by atoms with Crippen molar-refractivity contribution in [3.8, 4) is 5.75 Å². The van der Waals surface area contributed by atoms with E-state index in [1.807, 2.05) is 41.9 Å². The molecular weight excluding hydrogens is 344 g/mol. The van der Waals surface area contributed by atoms with Gasteiger partial charge in [0, 0.05) is 30.9 Å². The van der Waals surface area contributed by atoms with E-state index in [0.29, 0.717) is 25.1 Å². The molecule has 27 heavy (non-hydrogen) atoms. The van der Waals surface area contributed by atoms with E-state index in [4.69, 9.17) is 4.74 Å². The number of pyridine rings is 1. The van der Waals surface area contributed by atoms with Crippen LogP contribution in [0, 0.1) is 0 Å². The number of hydrogen-bond acceptors (Lipinski definition) is 4. The molecular formula is C20H22N4O3. The van der Waals surface area contributed by atoms with Crippen LogP contribution in [0.2, 0.25) is 0 Å². The first-order valence-electron chi connectivity index (χ1n) is 8.86. The molecule has 2 N–H and O–H groups in total. The Bertz CT molecular complexity index is 921. The number of carbonyl (C=O) groups is 2. The van der Waals surface area contributed by atoms with Crippen LogP contribution >= 0.6 is 0 Å². The summed E-state index contributed by atoms with van der Waals surface area (Å²) in [4.78, 5) is 28.4. The van der Waals surface area contributed by atoms with Crippen LogP contribution in [-0.4, -0.2) is 40.9 Å². The maximum Gasteiger partial charge on any atom is 0.251 e. The van der Waals surface area contributed by atoms with Crippen LogP contribution < -0.4 is 15.4 Å². The van der Waals surface area contributed by atoms with E-state index in [0.717, 1.165) is 17.1 Å². The van der Waals surface area contributed by atoms with Crippen LogP contribution in [0.3, 0.4) is 0 Å². The largest absolute Gasteiger partial charge is 0.490 e. The predicted octanol–water partition coefficient (Wildman–Crippen LogP) is 1.82. The maximum atomic E-state index is 11.9. The number of fused-ring (bicyclic) bond motifs is 1. The first kappa shape index (κ1) is 18.4. The fourth-order valence-electron chi connectivity index (χ4n) is 2.67. The molecule has 0 saturated carbocycles. The van der Waals surface area contributed by atoms with Crippen LogP contribution in [0.15, 0.2) is 54.9 Å². The zero-order valence-electron chi connectivity index (χ0n) is 15.1. The van der Waals surface area contributed by atoms with Gasteiger partial charge in [0.05, 0.1) is 18.8 Å². The van der Waals surface area contributed by atoms with Gasteiger partial charge in [-0.1, -0.05) is 18.2 Å². The molecule has 0 unspecified atom stereocenters. The predicted molar refractivity (Wildman–Crippen MR) is 102 cm³/mol. The molecule has 0 spiro atoms. The molecule has 3 aromatic rings. The SMILES string of the molecule is CCOc1cccn2cc(CCNC(=O)CNC(=O)c3ccccc3)nc12. The Morgan fingerprint density at radius 1 is 1.11 bits per heavy atom. The molecule has 1 aromatic carbocycles. The van der Waals surface area contributed by atoms with Crippen molar-refractivity contribution in [3.63, 3.8) is 0 Å². The van der Waals surface area contributed by atoms with Gasteiger partial charge < -0.3 is 19.8 Å². The summed E-state index contributed by atoms with van der Waals surface area (Å²) >= 11 is 0. The van der Waals surface area contributed by atoms with Crippen molar-refractivity contribution in [1.82, 2.24) is 20.0 Å². The first-order chi connectivity index (χ1) is 13.2. The van der Waals surface area contributed by atoms with Gasteiger partial charge in [-0.3, -0.25) is 9.59 Å². The molecule has 0 bridgehead atoms. The van der Waals surface area contributed by atoms with Crippen molar-refractivity contribution in [2.45, 2.75) is 13.3 Å². The Labute approximate surface area is 157 Å². The summed E-state index contributed by atoms with van der Waals surface area (Å²) in [6.07, 6.45) is 4.42. The molecule has 0 aliphatic rings. The Morgan fingerprint density at radius 2 is 1.93 bits per heavy atom. The van der Waals surface area contributed by atoms with Gasteiger partial charge in [0.15, 0.2) is 11.4 Å². The molecule has 7 heteroatoms. The summed E-state index contributed by atoms with van der Waals surface area (Å²) in [5.74, 6) is 0.228. The summed E-state index contributed by atoms with van der Waals surface area (Å²) in [5, 5.41) is 5.39. The van der Waals surface area contributed by atoms with Crippen molar-refractivity contribution in [3.05, 3.63) is 66.1 Å². The highest BCUT2D eigenvalue weighted by Gasteiger charge is 2.09. The zero-order chi connectivity index (χ0) is 19.1. The van der Waals surface area contributed by atoms with E-state index in [-0.39, 0.29) is 18.4 Å². The van der Waals surface area contributed by atoms with Crippen LogP contribution in [0.1, 0.15) is 23.0 Å². The number of hydrogen-bond donors (Lipinski definition) is 2. The number of carbonyl (C=O) groups excluding carboxylic acids is 2. The molecule has 0 saturated heterocycles. The van der Waals surface area contributed by atoms with Gasteiger partial charge in [0.25, 0.3) is 5.91 Å². The number of rotatable bonds is 8. The highest BCUT2D eigenvalue weighted by Crippen LogP contribution is 2.18. The van der Waals surface area contributed by atoms with Crippen molar-refractivity contribution in [1.29, 1.82) is 0 Å². The quantitative estimate of drug-likeness (QED) is 0.637. The Balaban J connectivity index is 1.47. The second-order valence-corrected chi connectivity index (χ2v) is 5.92. The van der Waals surface area contributed by atoms with Crippen LogP contribution in [0.5, 0.6) is 5.75 Å².